The normalized spacial score (nSPS) is 10.8. The van der Waals surface area contributed by atoms with Crippen molar-refractivity contribution in [2.75, 3.05) is 5.32 Å². The molecule has 3 aromatic rings. The maximum absolute atomic E-state index is 4.93. The van der Waals surface area contributed by atoms with Gasteiger partial charge in [-0.3, -0.25) is 0 Å². The van der Waals surface area contributed by atoms with Gasteiger partial charge in [0.05, 0.1) is 12.1 Å². The van der Waals surface area contributed by atoms with E-state index in [2.05, 4.69) is 32.6 Å². The summed E-state index contributed by atoms with van der Waals surface area (Å²) in [6.45, 7) is 4.31. The SMILES string of the molecule is Cc1nc(CNc2nc3ccccc3cc2C)no1. The number of pyridine rings is 1. The molecule has 0 bridgehead atoms. The van der Waals surface area contributed by atoms with Crippen molar-refractivity contribution in [3.8, 4) is 0 Å². The Morgan fingerprint density at radius 2 is 2.00 bits per heavy atom. The largest absolute Gasteiger partial charge is 0.362 e. The van der Waals surface area contributed by atoms with Gasteiger partial charge in [-0.15, -0.1) is 0 Å². The Morgan fingerprint density at radius 3 is 2.79 bits per heavy atom. The minimum absolute atomic E-state index is 0.503. The first-order valence-corrected chi connectivity index (χ1v) is 6.12. The number of hydrogen-bond acceptors (Lipinski definition) is 5. The topological polar surface area (TPSA) is 63.8 Å². The van der Waals surface area contributed by atoms with E-state index >= 15 is 0 Å². The molecule has 0 fully saturated rings. The first-order chi connectivity index (χ1) is 9.22. The lowest BCUT2D eigenvalue weighted by Gasteiger charge is -2.08. The van der Waals surface area contributed by atoms with E-state index < -0.39 is 0 Å². The van der Waals surface area contributed by atoms with Crippen LogP contribution in [0.4, 0.5) is 5.82 Å². The molecule has 1 aromatic carbocycles. The second-order valence-corrected chi connectivity index (χ2v) is 4.43. The number of aryl methyl sites for hydroxylation is 2. The maximum Gasteiger partial charge on any atom is 0.223 e. The van der Waals surface area contributed by atoms with E-state index in [0.717, 1.165) is 22.3 Å². The molecule has 3 rings (SSSR count). The molecular formula is C14H14N4O. The minimum Gasteiger partial charge on any atom is -0.362 e. The van der Waals surface area contributed by atoms with E-state index in [9.17, 15) is 0 Å². The van der Waals surface area contributed by atoms with E-state index in [0.29, 0.717) is 18.3 Å². The first kappa shape index (κ1) is 11.6. The smallest absolute Gasteiger partial charge is 0.223 e. The zero-order valence-electron chi connectivity index (χ0n) is 10.8. The molecular weight excluding hydrogens is 240 g/mol. The number of nitrogens with one attached hydrogen (secondary N) is 1. The molecule has 0 unspecified atom stereocenters. The molecule has 96 valence electrons. The Morgan fingerprint density at radius 1 is 1.16 bits per heavy atom. The van der Waals surface area contributed by atoms with Crippen molar-refractivity contribution in [1.82, 2.24) is 15.1 Å². The highest BCUT2D eigenvalue weighted by Gasteiger charge is 2.05. The molecule has 0 spiro atoms. The van der Waals surface area contributed by atoms with Crippen molar-refractivity contribution < 1.29 is 4.52 Å². The lowest BCUT2D eigenvalue weighted by molar-refractivity contribution is 0.388. The molecule has 5 nitrogen and oxygen atoms in total. The molecule has 0 amide bonds. The molecule has 0 aliphatic rings. The van der Waals surface area contributed by atoms with Crippen LogP contribution in [0, 0.1) is 13.8 Å². The highest BCUT2D eigenvalue weighted by molar-refractivity contribution is 5.81. The highest BCUT2D eigenvalue weighted by Crippen LogP contribution is 2.19. The number of aromatic nitrogens is 3. The van der Waals surface area contributed by atoms with Crippen molar-refractivity contribution in [3.63, 3.8) is 0 Å². The summed E-state index contributed by atoms with van der Waals surface area (Å²) in [4.78, 5) is 8.75. The Balaban J connectivity index is 1.86. The van der Waals surface area contributed by atoms with Crippen molar-refractivity contribution in [2.24, 2.45) is 0 Å². The fourth-order valence-electron chi connectivity index (χ4n) is 1.98. The van der Waals surface area contributed by atoms with Gasteiger partial charge in [0, 0.05) is 12.3 Å². The summed E-state index contributed by atoms with van der Waals surface area (Å²) in [6.07, 6.45) is 0. The molecule has 0 aliphatic heterocycles. The number of fused-ring (bicyclic) bond motifs is 1. The van der Waals surface area contributed by atoms with E-state index in [-0.39, 0.29) is 0 Å². The summed E-state index contributed by atoms with van der Waals surface area (Å²) >= 11 is 0. The van der Waals surface area contributed by atoms with Gasteiger partial charge < -0.3 is 9.84 Å². The summed E-state index contributed by atoms with van der Waals surface area (Å²) in [5.41, 5.74) is 2.07. The third-order valence-electron chi connectivity index (χ3n) is 2.90. The third-order valence-corrected chi connectivity index (χ3v) is 2.90. The van der Waals surface area contributed by atoms with Crippen LogP contribution in [0.5, 0.6) is 0 Å². The lowest BCUT2D eigenvalue weighted by atomic mass is 10.1. The second-order valence-electron chi connectivity index (χ2n) is 4.43. The van der Waals surface area contributed by atoms with Crippen LogP contribution in [-0.2, 0) is 6.54 Å². The van der Waals surface area contributed by atoms with Crippen LogP contribution < -0.4 is 5.32 Å². The van der Waals surface area contributed by atoms with Crippen molar-refractivity contribution in [1.29, 1.82) is 0 Å². The summed E-state index contributed by atoms with van der Waals surface area (Å²) in [5.74, 6) is 2.05. The lowest BCUT2D eigenvalue weighted by Crippen LogP contribution is -2.04. The Hall–Kier alpha value is -2.43. The third kappa shape index (κ3) is 2.40. The second kappa shape index (κ2) is 4.68. The van der Waals surface area contributed by atoms with Gasteiger partial charge in [-0.1, -0.05) is 23.4 Å². The summed E-state index contributed by atoms with van der Waals surface area (Å²) in [7, 11) is 0. The van der Waals surface area contributed by atoms with E-state index in [1.165, 1.54) is 0 Å². The first-order valence-electron chi connectivity index (χ1n) is 6.12. The van der Waals surface area contributed by atoms with Crippen LogP contribution in [-0.4, -0.2) is 15.1 Å². The van der Waals surface area contributed by atoms with Crippen molar-refractivity contribution in [2.45, 2.75) is 20.4 Å². The predicted octanol–water partition coefficient (Wildman–Crippen LogP) is 2.85. The molecule has 19 heavy (non-hydrogen) atoms. The van der Waals surface area contributed by atoms with Crippen LogP contribution in [0.3, 0.4) is 0 Å². The fourth-order valence-corrected chi connectivity index (χ4v) is 1.98. The highest BCUT2D eigenvalue weighted by atomic mass is 16.5. The van der Waals surface area contributed by atoms with Gasteiger partial charge in [-0.2, -0.15) is 4.98 Å². The molecule has 0 saturated carbocycles. The monoisotopic (exact) mass is 254 g/mol. The summed E-state index contributed by atoms with van der Waals surface area (Å²) < 4.78 is 4.93. The fraction of sp³-hybridized carbons (Fsp3) is 0.214. The number of anilines is 1. The van der Waals surface area contributed by atoms with Gasteiger partial charge in [0.1, 0.15) is 5.82 Å². The minimum atomic E-state index is 0.503. The number of rotatable bonds is 3. The molecule has 5 heteroatoms. The van der Waals surface area contributed by atoms with Crippen LogP contribution in [0.15, 0.2) is 34.9 Å². The number of hydrogen-bond donors (Lipinski definition) is 1. The molecule has 2 heterocycles. The van der Waals surface area contributed by atoms with Gasteiger partial charge in [-0.25, -0.2) is 4.98 Å². The van der Waals surface area contributed by atoms with Gasteiger partial charge in [0.25, 0.3) is 0 Å². The number of para-hydroxylation sites is 1. The Kier molecular flexibility index (Phi) is 2.87. The van der Waals surface area contributed by atoms with E-state index in [4.69, 9.17) is 4.52 Å². The van der Waals surface area contributed by atoms with Gasteiger partial charge in [0.15, 0.2) is 5.82 Å². The quantitative estimate of drug-likeness (QED) is 0.778. The maximum atomic E-state index is 4.93. The summed E-state index contributed by atoms with van der Waals surface area (Å²) in [6, 6.07) is 10.2. The molecule has 1 N–H and O–H groups in total. The Labute approximate surface area is 110 Å². The standard InChI is InChI=1S/C14H14N4O/c1-9-7-11-5-3-4-6-12(11)17-14(9)15-8-13-16-10(2)19-18-13/h3-7H,8H2,1-2H3,(H,15,17). The zero-order chi connectivity index (χ0) is 13.2. The van der Waals surface area contributed by atoms with Gasteiger partial charge in [-0.05, 0) is 24.6 Å². The number of benzene rings is 1. The molecule has 0 atom stereocenters. The van der Waals surface area contributed by atoms with Crippen molar-refractivity contribution >= 4 is 16.7 Å². The van der Waals surface area contributed by atoms with Crippen molar-refractivity contribution in [3.05, 3.63) is 47.6 Å². The molecule has 0 aliphatic carbocycles. The number of nitrogens with zero attached hydrogens (tertiary/aromatic N) is 3. The summed E-state index contributed by atoms with van der Waals surface area (Å²) in [5, 5.41) is 8.22. The van der Waals surface area contributed by atoms with Gasteiger partial charge in [0.2, 0.25) is 5.89 Å². The van der Waals surface area contributed by atoms with Crippen LogP contribution in [0.2, 0.25) is 0 Å². The van der Waals surface area contributed by atoms with E-state index in [1.807, 2.05) is 25.1 Å². The molecule has 0 saturated heterocycles. The van der Waals surface area contributed by atoms with E-state index in [1.54, 1.807) is 6.92 Å². The average Bonchev–Trinajstić information content (AvgIpc) is 2.82. The van der Waals surface area contributed by atoms with Crippen LogP contribution >= 0.6 is 0 Å². The van der Waals surface area contributed by atoms with Gasteiger partial charge >= 0.3 is 0 Å². The average molecular weight is 254 g/mol. The Bertz CT molecular complexity index is 720. The van der Waals surface area contributed by atoms with Crippen LogP contribution in [0.25, 0.3) is 10.9 Å². The zero-order valence-corrected chi connectivity index (χ0v) is 10.8. The molecule has 2 aromatic heterocycles. The molecule has 0 radical (unpaired) electrons. The van der Waals surface area contributed by atoms with Crippen LogP contribution in [0.1, 0.15) is 17.3 Å². The predicted molar refractivity (Wildman–Crippen MR) is 72.8 cm³/mol.